The first-order chi connectivity index (χ1) is 7.09. The van der Waals surface area contributed by atoms with Crippen LogP contribution in [0.25, 0.3) is 0 Å². The Kier molecular flexibility index (Phi) is 2.44. The van der Waals surface area contributed by atoms with E-state index in [1.165, 1.54) is 17.0 Å². The first kappa shape index (κ1) is 10.1. The molecule has 1 amide bonds. The highest BCUT2D eigenvalue weighted by molar-refractivity contribution is 5.97. The molecule has 2 rings (SSSR count). The van der Waals surface area contributed by atoms with Crippen LogP contribution in [0, 0.1) is 5.82 Å². The Morgan fingerprint density at radius 2 is 2.27 bits per heavy atom. The van der Waals surface area contributed by atoms with Crippen molar-refractivity contribution in [3.63, 3.8) is 0 Å². The van der Waals surface area contributed by atoms with Gasteiger partial charge in [0.15, 0.2) is 0 Å². The molecule has 0 spiro atoms. The lowest BCUT2D eigenvalue weighted by molar-refractivity contribution is -0.119. The molecule has 0 unspecified atom stereocenters. The minimum Gasteiger partial charge on any atom is -0.320 e. The van der Waals surface area contributed by atoms with Crippen molar-refractivity contribution < 1.29 is 9.18 Å². The van der Waals surface area contributed by atoms with Crippen molar-refractivity contribution in [3.8, 4) is 0 Å². The number of nitrogens with two attached hydrogens (primary N) is 1. The fourth-order valence-electron chi connectivity index (χ4n) is 1.86. The summed E-state index contributed by atoms with van der Waals surface area (Å²) in [6.45, 7) is 0. The predicted molar refractivity (Wildman–Crippen MR) is 56.1 cm³/mol. The lowest BCUT2D eigenvalue weighted by atomic mass is 10.1. The maximum atomic E-state index is 13.1. The third-order valence-electron chi connectivity index (χ3n) is 2.78. The first-order valence-corrected chi connectivity index (χ1v) is 4.91. The van der Waals surface area contributed by atoms with E-state index in [-0.39, 0.29) is 11.7 Å². The van der Waals surface area contributed by atoms with E-state index >= 15 is 0 Å². The van der Waals surface area contributed by atoms with Crippen LogP contribution < -0.4 is 10.6 Å². The fourth-order valence-corrected chi connectivity index (χ4v) is 1.86. The number of amides is 1. The van der Waals surface area contributed by atoms with Crippen LogP contribution in [0.1, 0.15) is 12.0 Å². The molecular formula is C11H13FN2O. The van der Waals surface area contributed by atoms with Gasteiger partial charge < -0.3 is 10.6 Å². The monoisotopic (exact) mass is 208 g/mol. The zero-order valence-electron chi connectivity index (χ0n) is 8.53. The zero-order valence-corrected chi connectivity index (χ0v) is 8.53. The van der Waals surface area contributed by atoms with Crippen molar-refractivity contribution in [1.82, 2.24) is 0 Å². The molecule has 0 saturated carbocycles. The second-order valence-electron chi connectivity index (χ2n) is 3.82. The minimum atomic E-state index is -0.481. The Balaban J connectivity index is 2.48. The number of anilines is 1. The van der Waals surface area contributed by atoms with Gasteiger partial charge >= 0.3 is 0 Å². The highest BCUT2D eigenvalue weighted by atomic mass is 19.1. The van der Waals surface area contributed by atoms with E-state index in [9.17, 15) is 9.18 Å². The van der Waals surface area contributed by atoms with Crippen molar-refractivity contribution in [3.05, 3.63) is 29.6 Å². The van der Waals surface area contributed by atoms with Crippen LogP contribution in [0.4, 0.5) is 10.1 Å². The largest absolute Gasteiger partial charge is 0.320 e. The first-order valence-electron chi connectivity index (χ1n) is 4.91. The maximum Gasteiger partial charge on any atom is 0.243 e. The van der Waals surface area contributed by atoms with Crippen LogP contribution in [0.5, 0.6) is 0 Å². The molecule has 0 fully saturated rings. The van der Waals surface area contributed by atoms with Crippen molar-refractivity contribution in [2.45, 2.75) is 18.9 Å². The van der Waals surface area contributed by atoms with Crippen LogP contribution >= 0.6 is 0 Å². The summed E-state index contributed by atoms with van der Waals surface area (Å²) in [6.07, 6.45) is 1.33. The molecule has 0 saturated heterocycles. The highest BCUT2D eigenvalue weighted by Crippen LogP contribution is 2.26. The Hall–Kier alpha value is -1.42. The molecule has 3 nitrogen and oxygen atoms in total. The van der Waals surface area contributed by atoms with Gasteiger partial charge in [0.1, 0.15) is 5.82 Å². The van der Waals surface area contributed by atoms with E-state index < -0.39 is 6.04 Å². The van der Waals surface area contributed by atoms with E-state index in [0.29, 0.717) is 18.5 Å². The number of aryl methyl sites for hydroxylation is 1. The van der Waals surface area contributed by atoms with Gasteiger partial charge in [0.25, 0.3) is 0 Å². The number of hydrogen-bond donors (Lipinski definition) is 1. The van der Waals surface area contributed by atoms with E-state index in [1.54, 1.807) is 13.1 Å². The summed E-state index contributed by atoms with van der Waals surface area (Å²) in [7, 11) is 1.63. The molecule has 4 heteroatoms. The highest BCUT2D eigenvalue weighted by Gasteiger charge is 2.25. The summed E-state index contributed by atoms with van der Waals surface area (Å²) in [5, 5.41) is 0. The lowest BCUT2D eigenvalue weighted by Gasteiger charge is -2.19. The van der Waals surface area contributed by atoms with Gasteiger partial charge in [-0.15, -0.1) is 0 Å². The summed E-state index contributed by atoms with van der Waals surface area (Å²) < 4.78 is 13.1. The minimum absolute atomic E-state index is 0.153. The normalized spacial score (nSPS) is 21.1. The molecule has 0 aliphatic carbocycles. The van der Waals surface area contributed by atoms with Gasteiger partial charge in [-0.2, -0.15) is 0 Å². The van der Waals surface area contributed by atoms with E-state index in [4.69, 9.17) is 5.73 Å². The average Bonchev–Trinajstić information content (AvgIpc) is 2.32. The summed E-state index contributed by atoms with van der Waals surface area (Å²) in [5.41, 5.74) is 7.31. The maximum absolute atomic E-state index is 13.1. The molecule has 1 heterocycles. The van der Waals surface area contributed by atoms with Gasteiger partial charge in [-0.05, 0) is 30.5 Å². The number of benzene rings is 1. The molecular weight excluding hydrogens is 195 g/mol. The molecule has 1 aliphatic heterocycles. The molecule has 0 bridgehead atoms. The molecule has 1 aliphatic rings. The van der Waals surface area contributed by atoms with Crippen LogP contribution in [0.3, 0.4) is 0 Å². The van der Waals surface area contributed by atoms with Crippen molar-refractivity contribution in [1.29, 1.82) is 0 Å². The molecule has 1 aromatic rings. The Morgan fingerprint density at radius 3 is 3.00 bits per heavy atom. The van der Waals surface area contributed by atoms with Gasteiger partial charge in [-0.1, -0.05) is 6.07 Å². The van der Waals surface area contributed by atoms with E-state index in [1.807, 2.05) is 0 Å². The van der Waals surface area contributed by atoms with Gasteiger partial charge in [-0.25, -0.2) is 4.39 Å². The molecule has 1 atom stereocenters. The Morgan fingerprint density at radius 1 is 1.53 bits per heavy atom. The third-order valence-corrected chi connectivity index (χ3v) is 2.78. The number of hydrogen-bond acceptors (Lipinski definition) is 2. The lowest BCUT2D eigenvalue weighted by Crippen LogP contribution is -2.40. The second-order valence-corrected chi connectivity index (χ2v) is 3.82. The molecule has 0 aromatic heterocycles. The van der Waals surface area contributed by atoms with E-state index in [0.717, 1.165) is 5.56 Å². The van der Waals surface area contributed by atoms with Crippen LogP contribution in [-0.4, -0.2) is 19.0 Å². The van der Waals surface area contributed by atoms with Crippen molar-refractivity contribution in [2.24, 2.45) is 5.73 Å². The summed E-state index contributed by atoms with van der Waals surface area (Å²) in [5.74, 6) is -0.483. The van der Waals surface area contributed by atoms with Crippen LogP contribution in [0.15, 0.2) is 18.2 Å². The number of likely N-dealkylation sites (N-methyl/N-ethyl adjacent to an activating group) is 1. The van der Waals surface area contributed by atoms with Crippen molar-refractivity contribution >= 4 is 11.6 Å². The molecule has 2 N–H and O–H groups in total. The summed E-state index contributed by atoms with van der Waals surface area (Å²) in [4.78, 5) is 13.1. The number of rotatable bonds is 0. The smallest absolute Gasteiger partial charge is 0.243 e. The number of fused-ring (bicyclic) bond motifs is 1. The molecule has 15 heavy (non-hydrogen) atoms. The van der Waals surface area contributed by atoms with Gasteiger partial charge in [-0.3, -0.25) is 4.79 Å². The van der Waals surface area contributed by atoms with Gasteiger partial charge in [0.2, 0.25) is 5.91 Å². The molecule has 0 radical (unpaired) electrons. The SMILES string of the molecule is CN1C(=O)[C@@H](N)CCc2ccc(F)cc21. The average molecular weight is 208 g/mol. The number of carbonyl (C=O) groups is 1. The second kappa shape index (κ2) is 3.62. The standard InChI is InChI=1S/C11H13FN2O/c1-14-10-6-8(12)4-2-7(10)3-5-9(13)11(14)15/h2,4,6,9H,3,5,13H2,1H3/t9-/m0/s1. The molecule has 80 valence electrons. The quantitative estimate of drug-likeness (QED) is 0.693. The predicted octanol–water partition coefficient (Wildman–Crippen LogP) is 1.06. The number of nitrogens with zero attached hydrogens (tertiary/aromatic N) is 1. The summed E-state index contributed by atoms with van der Waals surface area (Å²) in [6, 6.07) is 4.02. The van der Waals surface area contributed by atoms with Gasteiger partial charge in [0.05, 0.1) is 6.04 Å². The Bertz CT molecular complexity index is 406. The van der Waals surface area contributed by atoms with Gasteiger partial charge in [0, 0.05) is 12.7 Å². The molecule has 1 aromatic carbocycles. The number of carbonyl (C=O) groups excluding carboxylic acids is 1. The van der Waals surface area contributed by atoms with Crippen molar-refractivity contribution in [2.75, 3.05) is 11.9 Å². The fraction of sp³-hybridized carbons (Fsp3) is 0.364. The zero-order chi connectivity index (χ0) is 11.0. The summed E-state index contributed by atoms with van der Waals surface area (Å²) >= 11 is 0. The van der Waals surface area contributed by atoms with Crippen LogP contribution in [0.2, 0.25) is 0 Å². The number of halogens is 1. The van der Waals surface area contributed by atoms with Crippen LogP contribution in [-0.2, 0) is 11.2 Å². The van der Waals surface area contributed by atoms with E-state index in [2.05, 4.69) is 0 Å². The Labute approximate surface area is 87.7 Å². The third kappa shape index (κ3) is 1.72. The topological polar surface area (TPSA) is 46.3 Å².